The Morgan fingerprint density at radius 3 is 2.69 bits per heavy atom. The molecular weight excluding hydrogens is 391 g/mol. The van der Waals surface area contributed by atoms with Gasteiger partial charge in [0.05, 0.1) is 30.6 Å². The van der Waals surface area contributed by atoms with E-state index in [1.165, 1.54) is 6.07 Å². The highest BCUT2D eigenvalue weighted by molar-refractivity contribution is 6.08. The first kappa shape index (κ1) is 18.8. The maximum absolute atomic E-state index is 12.6. The lowest BCUT2D eigenvalue weighted by Crippen LogP contribution is -2.17. The highest BCUT2D eigenvalue weighted by atomic mass is 19.4. The molecule has 0 radical (unpaired) electrons. The van der Waals surface area contributed by atoms with Crippen LogP contribution < -0.4 is 14.8 Å². The second-order valence-corrected chi connectivity index (χ2v) is 6.19. The Hall–Kier alpha value is -3.53. The van der Waals surface area contributed by atoms with Gasteiger partial charge in [0.25, 0.3) is 5.91 Å². The predicted molar refractivity (Wildman–Crippen MR) is 95.9 cm³/mol. The minimum Gasteiger partial charge on any atom is -0.454 e. The van der Waals surface area contributed by atoms with Gasteiger partial charge in [0, 0.05) is 17.8 Å². The van der Waals surface area contributed by atoms with Gasteiger partial charge in [-0.15, -0.1) is 13.2 Å². The normalized spacial score (nSPS) is 13.0. The summed E-state index contributed by atoms with van der Waals surface area (Å²) in [6.07, 6.45) is -1.52. The van der Waals surface area contributed by atoms with Crippen molar-refractivity contribution in [2.75, 3.05) is 11.9 Å². The summed E-state index contributed by atoms with van der Waals surface area (Å²) in [4.78, 5) is 12.6. The summed E-state index contributed by atoms with van der Waals surface area (Å²) in [5.41, 5.74) is 1.70. The zero-order chi connectivity index (χ0) is 20.6. The van der Waals surface area contributed by atoms with E-state index in [0.29, 0.717) is 12.1 Å². The molecule has 0 aliphatic carbocycles. The first-order valence-corrected chi connectivity index (χ1v) is 8.49. The number of anilines is 1. The molecule has 1 aliphatic heterocycles. The van der Waals surface area contributed by atoms with Crippen LogP contribution in [-0.4, -0.2) is 33.8 Å². The topological polar surface area (TPSA) is 85.6 Å². The van der Waals surface area contributed by atoms with Crippen molar-refractivity contribution in [3.8, 4) is 28.4 Å². The van der Waals surface area contributed by atoms with Crippen molar-refractivity contribution in [2.24, 2.45) is 0 Å². The zero-order valence-electron chi connectivity index (χ0n) is 14.7. The number of aromatic nitrogens is 2. The molecule has 3 aromatic rings. The summed E-state index contributed by atoms with van der Waals surface area (Å²) in [5, 5.41) is 15.7. The van der Waals surface area contributed by atoms with E-state index >= 15 is 0 Å². The van der Waals surface area contributed by atoms with Crippen LogP contribution in [-0.2, 0) is 6.54 Å². The molecule has 0 saturated carbocycles. The number of fused-ring (bicyclic) bond motifs is 2. The summed E-state index contributed by atoms with van der Waals surface area (Å²) >= 11 is 0. The highest BCUT2D eigenvalue weighted by Gasteiger charge is 2.32. The molecule has 150 valence electrons. The number of nitrogens with zero attached hydrogens (tertiary/aromatic N) is 2. The van der Waals surface area contributed by atoms with Crippen LogP contribution in [0, 0.1) is 0 Å². The third-order valence-electron chi connectivity index (χ3n) is 4.17. The molecule has 1 aliphatic rings. The van der Waals surface area contributed by atoms with Gasteiger partial charge in [0.2, 0.25) is 0 Å². The van der Waals surface area contributed by atoms with Crippen LogP contribution >= 0.6 is 0 Å². The van der Waals surface area contributed by atoms with Gasteiger partial charge in [-0.1, -0.05) is 6.07 Å². The number of hydrogen-bond acceptors (Lipinski definition) is 5. The van der Waals surface area contributed by atoms with Crippen LogP contribution in [0.5, 0.6) is 17.2 Å². The first-order chi connectivity index (χ1) is 13.8. The number of carbonyl (C=O) groups is 1. The van der Waals surface area contributed by atoms with Crippen molar-refractivity contribution >= 4 is 11.6 Å². The number of aliphatic hydroxyl groups is 1. The molecule has 0 atom stereocenters. The van der Waals surface area contributed by atoms with E-state index in [1.807, 2.05) is 0 Å². The number of carbonyl (C=O) groups excluding carboxylic acids is 1. The Morgan fingerprint density at radius 2 is 1.93 bits per heavy atom. The fraction of sp³-hybridized carbons (Fsp3) is 0.158. The van der Waals surface area contributed by atoms with E-state index in [1.54, 1.807) is 35.3 Å². The minimum atomic E-state index is -4.85. The number of aliphatic hydroxyl groups excluding tert-OH is 1. The van der Waals surface area contributed by atoms with E-state index in [-0.39, 0.29) is 29.4 Å². The second kappa shape index (κ2) is 7.13. The molecule has 0 unspecified atom stereocenters. The third-order valence-corrected chi connectivity index (χ3v) is 4.17. The molecule has 29 heavy (non-hydrogen) atoms. The third kappa shape index (κ3) is 4.02. The average molecular weight is 405 g/mol. The molecule has 0 saturated heterocycles. The Morgan fingerprint density at radius 1 is 1.14 bits per heavy atom. The highest BCUT2D eigenvalue weighted by Crippen LogP contribution is 2.39. The van der Waals surface area contributed by atoms with E-state index in [0.717, 1.165) is 17.7 Å². The molecule has 10 heteroatoms. The Balaban J connectivity index is 1.65. The van der Waals surface area contributed by atoms with Crippen molar-refractivity contribution in [1.82, 2.24) is 9.78 Å². The van der Waals surface area contributed by atoms with Gasteiger partial charge in [-0.25, -0.2) is 0 Å². The van der Waals surface area contributed by atoms with Crippen LogP contribution in [0.2, 0.25) is 0 Å². The van der Waals surface area contributed by atoms with E-state index in [4.69, 9.17) is 9.84 Å². The summed E-state index contributed by atoms with van der Waals surface area (Å²) in [5.74, 6) is -0.553. The van der Waals surface area contributed by atoms with Crippen molar-refractivity contribution in [3.63, 3.8) is 0 Å². The fourth-order valence-corrected chi connectivity index (χ4v) is 2.91. The largest absolute Gasteiger partial charge is 0.573 e. The lowest BCUT2D eigenvalue weighted by Gasteiger charge is -2.12. The van der Waals surface area contributed by atoms with Crippen LogP contribution in [0.1, 0.15) is 10.4 Å². The number of halogens is 3. The van der Waals surface area contributed by atoms with Gasteiger partial charge >= 0.3 is 6.36 Å². The number of hydrogen-bond donors (Lipinski definition) is 2. The smallest absolute Gasteiger partial charge is 0.454 e. The quantitative estimate of drug-likeness (QED) is 0.690. The van der Waals surface area contributed by atoms with Gasteiger partial charge < -0.3 is 19.9 Å². The Bertz CT molecular complexity index is 1080. The van der Waals surface area contributed by atoms with Gasteiger partial charge in [-0.3, -0.25) is 9.48 Å². The zero-order valence-corrected chi connectivity index (χ0v) is 14.7. The molecule has 0 spiro atoms. The Kier molecular flexibility index (Phi) is 4.63. The van der Waals surface area contributed by atoms with Crippen molar-refractivity contribution in [3.05, 3.63) is 54.4 Å². The van der Waals surface area contributed by atoms with E-state index < -0.39 is 18.0 Å². The fourth-order valence-electron chi connectivity index (χ4n) is 2.91. The molecule has 7 nitrogen and oxygen atoms in total. The van der Waals surface area contributed by atoms with Gasteiger partial charge in [-0.05, 0) is 29.8 Å². The maximum atomic E-state index is 12.6. The maximum Gasteiger partial charge on any atom is 0.573 e. The van der Waals surface area contributed by atoms with E-state index in [2.05, 4.69) is 15.2 Å². The Labute approximate surface area is 162 Å². The number of rotatable bonds is 4. The summed E-state index contributed by atoms with van der Waals surface area (Å²) in [6, 6.07) is 8.38. The number of benzene rings is 2. The van der Waals surface area contributed by atoms with Crippen LogP contribution in [0.3, 0.4) is 0 Å². The summed E-state index contributed by atoms with van der Waals surface area (Å²) < 4.78 is 48.5. The van der Waals surface area contributed by atoms with E-state index in [9.17, 15) is 18.0 Å². The number of ether oxygens (including phenoxy) is 2. The van der Waals surface area contributed by atoms with Crippen LogP contribution in [0.25, 0.3) is 11.1 Å². The molecule has 0 bridgehead atoms. The van der Waals surface area contributed by atoms with Gasteiger partial charge in [-0.2, -0.15) is 5.10 Å². The summed E-state index contributed by atoms with van der Waals surface area (Å²) in [6.45, 7) is 0.284. The van der Waals surface area contributed by atoms with Gasteiger partial charge in [0.15, 0.2) is 5.75 Å². The monoisotopic (exact) mass is 405 g/mol. The molecule has 1 aromatic heterocycles. The van der Waals surface area contributed by atoms with Crippen molar-refractivity contribution < 1.29 is 32.5 Å². The summed E-state index contributed by atoms with van der Waals surface area (Å²) in [7, 11) is 0. The van der Waals surface area contributed by atoms with Crippen LogP contribution in [0.15, 0.2) is 48.8 Å². The molecular formula is C19H14F3N3O4. The number of nitrogens with one attached hydrogen (secondary N) is 1. The molecule has 1 amide bonds. The number of amides is 1. The minimum absolute atomic E-state index is 0.0557. The predicted octanol–water partition coefficient (Wildman–Crippen LogP) is 3.80. The first-order valence-electron chi connectivity index (χ1n) is 8.49. The van der Waals surface area contributed by atoms with Crippen molar-refractivity contribution in [2.45, 2.75) is 12.9 Å². The SMILES string of the molecule is O=C1Nc2cc(OC(F)(F)F)ccc2Oc2ccc(-c3cnn(CCO)c3)cc21. The second-order valence-electron chi connectivity index (χ2n) is 6.19. The molecule has 0 fully saturated rings. The standard InChI is InChI=1S/C19H14F3N3O4/c20-19(21,22)29-13-2-4-17-15(8-13)24-18(27)14-7-11(1-3-16(14)28-17)12-9-23-25(10-12)5-6-26/h1-4,7-10,26H,5-6H2,(H,24,27). The van der Waals surface area contributed by atoms with Gasteiger partial charge in [0.1, 0.15) is 11.5 Å². The molecule has 4 rings (SSSR count). The molecule has 2 aromatic carbocycles. The number of alkyl halides is 3. The lowest BCUT2D eigenvalue weighted by molar-refractivity contribution is -0.274. The molecule has 2 heterocycles. The lowest BCUT2D eigenvalue weighted by atomic mass is 10.0. The molecule has 2 N–H and O–H groups in total. The van der Waals surface area contributed by atoms with Crippen molar-refractivity contribution in [1.29, 1.82) is 0 Å². The average Bonchev–Trinajstić information content (AvgIpc) is 3.06. The van der Waals surface area contributed by atoms with Crippen LogP contribution in [0.4, 0.5) is 18.9 Å².